The molecule has 1 saturated heterocycles. The molecule has 6 heteroatoms. The summed E-state index contributed by atoms with van der Waals surface area (Å²) in [6.07, 6.45) is 2.39. The van der Waals surface area contributed by atoms with Crippen LogP contribution in [0.5, 0.6) is 0 Å². The van der Waals surface area contributed by atoms with Crippen LogP contribution in [0, 0.1) is 5.82 Å². The number of anilines is 2. The van der Waals surface area contributed by atoms with Crippen molar-refractivity contribution in [2.75, 3.05) is 36.0 Å². The van der Waals surface area contributed by atoms with E-state index in [9.17, 15) is 4.39 Å². The number of hydrogen-bond donors (Lipinski definition) is 0. The number of para-hydroxylation sites is 1. The number of hydrogen-bond acceptors (Lipinski definition) is 4. The molecule has 0 bridgehead atoms. The van der Waals surface area contributed by atoms with Gasteiger partial charge in [-0.2, -0.15) is 0 Å². The van der Waals surface area contributed by atoms with Gasteiger partial charge < -0.3 is 9.80 Å². The Labute approximate surface area is 121 Å². The van der Waals surface area contributed by atoms with Gasteiger partial charge in [-0.05, 0) is 12.1 Å². The van der Waals surface area contributed by atoms with E-state index in [0.717, 1.165) is 36.9 Å². The first-order valence-electron chi connectivity index (χ1n) is 6.46. The molecule has 0 aliphatic carbocycles. The zero-order valence-corrected chi connectivity index (χ0v) is 11.6. The number of rotatable bonds is 2. The first-order chi connectivity index (χ1) is 9.74. The van der Waals surface area contributed by atoms with Crippen molar-refractivity contribution in [1.29, 1.82) is 0 Å². The van der Waals surface area contributed by atoms with Gasteiger partial charge in [0.1, 0.15) is 0 Å². The Bertz CT molecular complexity index is 582. The van der Waals surface area contributed by atoms with Gasteiger partial charge in [-0.3, -0.25) is 0 Å². The summed E-state index contributed by atoms with van der Waals surface area (Å²) in [4.78, 5) is 12.3. The standard InChI is InChI=1S/C14H14ClFN4/c15-12-3-1-2-4-13(12)19-5-7-20(8-6-19)14-17-9-11(16)10-18-14/h1-4,9-10H,5-8H2. The Kier molecular flexibility index (Phi) is 3.69. The molecular weight excluding hydrogens is 279 g/mol. The van der Waals surface area contributed by atoms with Crippen molar-refractivity contribution in [2.45, 2.75) is 0 Å². The zero-order valence-electron chi connectivity index (χ0n) is 10.8. The maximum atomic E-state index is 12.8. The lowest BCUT2D eigenvalue weighted by Crippen LogP contribution is -2.47. The highest BCUT2D eigenvalue weighted by Crippen LogP contribution is 2.26. The second kappa shape index (κ2) is 5.63. The van der Waals surface area contributed by atoms with Crippen LogP contribution in [0.1, 0.15) is 0 Å². The van der Waals surface area contributed by atoms with Gasteiger partial charge in [0.25, 0.3) is 0 Å². The lowest BCUT2D eigenvalue weighted by atomic mass is 10.2. The third-order valence-electron chi connectivity index (χ3n) is 3.36. The molecule has 1 aromatic carbocycles. The summed E-state index contributed by atoms with van der Waals surface area (Å²) in [5, 5.41) is 0.763. The largest absolute Gasteiger partial charge is 0.367 e. The van der Waals surface area contributed by atoms with E-state index in [-0.39, 0.29) is 0 Å². The molecule has 1 aromatic heterocycles. The molecule has 0 amide bonds. The molecule has 0 saturated carbocycles. The fourth-order valence-electron chi connectivity index (χ4n) is 2.32. The summed E-state index contributed by atoms with van der Waals surface area (Å²) in [6, 6.07) is 7.82. The van der Waals surface area contributed by atoms with Gasteiger partial charge in [-0.15, -0.1) is 0 Å². The highest BCUT2D eigenvalue weighted by molar-refractivity contribution is 6.33. The van der Waals surface area contributed by atoms with Crippen molar-refractivity contribution in [3.63, 3.8) is 0 Å². The fourth-order valence-corrected chi connectivity index (χ4v) is 2.58. The molecule has 1 fully saturated rings. The van der Waals surface area contributed by atoms with Crippen LogP contribution in [0.3, 0.4) is 0 Å². The Morgan fingerprint density at radius 3 is 2.20 bits per heavy atom. The van der Waals surface area contributed by atoms with Gasteiger partial charge >= 0.3 is 0 Å². The third kappa shape index (κ3) is 2.67. The van der Waals surface area contributed by atoms with Gasteiger partial charge in [0.2, 0.25) is 5.95 Å². The van der Waals surface area contributed by atoms with Gasteiger partial charge in [0, 0.05) is 26.2 Å². The van der Waals surface area contributed by atoms with Crippen LogP contribution in [-0.4, -0.2) is 36.1 Å². The van der Waals surface area contributed by atoms with Gasteiger partial charge in [-0.25, -0.2) is 14.4 Å². The van der Waals surface area contributed by atoms with Crippen molar-refractivity contribution >= 4 is 23.2 Å². The van der Waals surface area contributed by atoms with Crippen molar-refractivity contribution in [2.24, 2.45) is 0 Å². The van der Waals surface area contributed by atoms with E-state index < -0.39 is 5.82 Å². The number of aromatic nitrogens is 2. The normalized spacial score (nSPS) is 15.5. The molecule has 0 radical (unpaired) electrons. The molecule has 0 unspecified atom stereocenters. The third-order valence-corrected chi connectivity index (χ3v) is 3.68. The summed E-state index contributed by atoms with van der Waals surface area (Å²) < 4.78 is 12.8. The molecule has 1 aliphatic heterocycles. The molecular formula is C14H14ClFN4. The second-order valence-corrected chi connectivity index (χ2v) is 5.03. The predicted molar refractivity (Wildman–Crippen MR) is 77.9 cm³/mol. The minimum absolute atomic E-state index is 0.413. The van der Waals surface area contributed by atoms with Crippen LogP contribution in [0.4, 0.5) is 16.0 Å². The summed E-state index contributed by atoms with van der Waals surface area (Å²) in [5.74, 6) is 0.161. The number of halogens is 2. The lowest BCUT2D eigenvalue weighted by Gasteiger charge is -2.36. The summed E-state index contributed by atoms with van der Waals surface area (Å²) in [5.41, 5.74) is 1.05. The van der Waals surface area contributed by atoms with E-state index in [1.54, 1.807) is 0 Å². The predicted octanol–water partition coefficient (Wildman–Crippen LogP) is 2.60. The molecule has 3 rings (SSSR count). The molecule has 20 heavy (non-hydrogen) atoms. The van der Waals surface area contributed by atoms with Gasteiger partial charge in [-0.1, -0.05) is 23.7 Å². The lowest BCUT2D eigenvalue weighted by molar-refractivity contribution is 0.602. The number of benzene rings is 1. The molecule has 0 N–H and O–H groups in total. The van der Waals surface area contributed by atoms with Crippen LogP contribution in [0.2, 0.25) is 5.02 Å². The SMILES string of the molecule is Fc1cnc(N2CCN(c3ccccc3Cl)CC2)nc1. The number of piperazine rings is 1. The minimum atomic E-state index is -0.413. The first-order valence-corrected chi connectivity index (χ1v) is 6.84. The summed E-state index contributed by atoms with van der Waals surface area (Å²) >= 11 is 6.21. The van der Waals surface area contributed by atoms with Gasteiger partial charge in [0.15, 0.2) is 5.82 Å². The first kappa shape index (κ1) is 13.1. The van der Waals surface area contributed by atoms with E-state index in [4.69, 9.17) is 11.6 Å². The fraction of sp³-hybridized carbons (Fsp3) is 0.286. The molecule has 1 aliphatic rings. The van der Waals surface area contributed by atoms with Crippen molar-refractivity contribution in [3.8, 4) is 0 Å². The van der Waals surface area contributed by atoms with E-state index in [1.807, 2.05) is 29.2 Å². The van der Waals surface area contributed by atoms with Crippen LogP contribution in [0.25, 0.3) is 0 Å². The van der Waals surface area contributed by atoms with E-state index in [2.05, 4.69) is 14.9 Å². The quantitative estimate of drug-likeness (QED) is 0.852. The Balaban J connectivity index is 1.68. The smallest absolute Gasteiger partial charge is 0.225 e. The molecule has 104 valence electrons. The highest BCUT2D eigenvalue weighted by Gasteiger charge is 2.20. The van der Waals surface area contributed by atoms with Crippen molar-refractivity contribution in [3.05, 3.63) is 47.5 Å². The Morgan fingerprint density at radius 1 is 0.950 bits per heavy atom. The van der Waals surface area contributed by atoms with E-state index in [1.165, 1.54) is 12.4 Å². The minimum Gasteiger partial charge on any atom is -0.367 e. The van der Waals surface area contributed by atoms with Crippen LogP contribution >= 0.6 is 11.6 Å². The maximum Gasteiger partial charge on any atom is 0.225 e. The van der Waals surface area contributed by atoms with E-state index in [0.29, 0.717) is 5.95 Å². The molecule has 2 heterocycles. The van der Waals surface area contributed by atoms with Crippen molar-refractivity contribution in [1.82, 2.24) is 9.97 Å². The zero-order chi connectivity index (χ0) is 13.9. The van der Waals surface area contributed by atoms with Crippen LogP contribution < -0.4 is 9.80 Å². The Morgan fingerprint density at radius 2 is 1.55 bits per heavy atom. The topological polar surface area (TPSA) is 32.3 Å². The molecule has 4 nitrogen and oxygen atoms in total. The summed E-state index contributed by atoms with van der Waals surface area (Å²) in [6.45, 7) is 3.25. The summed E-state index contributed by atoms with van der Waals surface area (Å²) in [7, 11) is 0. The molecule has 0 atom stereocenters. The molecule has 0 spiro atoms. The number of nitrogens with zero attached hydrogens (tertiary/aromatic N) is 4. The van der Waals surface area contributed by atoms with E-state index >= 15 is 0 Å². The Hall–Kier alpha value is -1.88. The van der Waals surface area contributed by atoms with Crippen molar-refractivity contribution < 1.29 is 4.39 Å². The van der Waals surface area contributed by atoms with Crippen LogP contribution in [-0.2, 0) is 0 Å². The van der Waals surface area contributed by atoms with Crippen LogP contribution in [0.15, 0.2) is 36.7 Å². The van der Waals surface area contributed by atoms with Gasteiger partial charge in [0.05, 0.1) is 23.1 Å². The maximum absolute atomic E-state index is 12.8. The average Bonchev–Trinajstić information content (AvgIpc) is 2.49. The average molecular weight is 293 g/mol. The highest BCUT2D eigenvalue weighted by atomic mass is 35.5. The monoisotopic (exact) mass is 292 g/mol. The second-order valence-electron chi connectivity index (χ2n) is 4.63. The molecule has 2 aromatic rings.